The maximum absolute atomic E-state index is 12.8. The van der Waals surface area contributed by atoms with E-state index in [2.05, 4.69) is 14.5 Å². The Balaban J connectivity index is 1.29. The fourth-order valence-electron chi connectivity index (χ4n) is 5.46. The minimum Gasteiger partial charge on any atom is -0.370 e. The predicted molar refractivity (Wildman–Crippen MR) is 111 cm³/mol. The van der Waals surface area contributed by atoms with Crippen molar-refractivity contribution in [2.24, 2.45) is 5.92 Å². The van der Waals surface area contributed by atoms with Gasteiger partial charge in [0.1, 0.15) is 17.4 Å². The van der Waals surface area contributed by atoms with Gasteiger partial charge in [0.25, 0.3) is 0 Å². The first-order valence-corrected chi connectivity index (χ1v) is 11.5. The monoisotopic (exact) mass is 396 g/mol. The zero-order valence-electron chi connectivity index (χ0n) is 17.3. The molecular weight excluding hydrogens is 364 g/mol. The van der Waals surface area contributed by atoms with Crippen molar-refractivity contribution in [1.82, 2.24) is 19.4 Å². The molecule has 1 atom stereocenters. The number of hydrogen-bond acceptors (Lipinski definition) is 4. The Bertz CT molecular complexity index is 844. The number of carbonyl (C=O) groups excluding carboxylic acids is 1. The number of nitrogens with zero attached hydrogens (tertiary/aromatic N) is 4. The summed E-state index contributed by atoms with van der Waals surface area (Å²) in [6.45, 7) is 2.50. The Morgan fingerprint density at radius 3 is 2.66 bits per heavy atom. The lowest BCUT2D eigenvalue weighted by atomic mass is 9.86. The molecule has 1 saturated carbocycles. The summed E-state index contributed by atoms with van der Waals surface area (Å²) in [5.74, 6) is 2.01. The SMILES string of the molecule is O=C(CC1CCCCC1)N1CCC(n2c(C3CCCO3)nc3cccnc32)CC1. The third-order valence-electron chi connectivity index (χ3n) is 7.06. The summed E-state index contributed by atoms with van der Waals surface area (Å²) in [7, 11) is 0. The van der Waals surface area contributed by atoms with Crippen molar-refractivity contribution >= 4 is 17.1 Å². The van der Waals surface area contributed by atoms with Gasteiger partial charge in [-0.3, -0.25) is 4.79 Å². The van der Waals surface area contributed by atoms with Crippen LogP contribution < -0.4 is 0 Å². The topological polar surface area (TPSA) is 60.2 Å². The van der Waals surface area contributed by atoms with Gasteiger partial charge < -0.3 is 14.2 Å². The number of fused-ring (bicyclic) bond motifs is 1. The van der Waals surface area contributed by atoms with Gasteiger partial charge in [-0.2, -0.15) is 0 Å². The van der Waals surface area contributed by atoms with Gasteiger partial charge in [0, 0.05) is 38.4 Å². The normalized spacial score (nSPS) is 24.4. The molecule has 0 aromatic carbocycles. The van der Waals surface area contributed by atoms with E-state index in [0.29, 0.717) is 17.9 Å². The van der Waals surface area contributed by atoms with Gasteiger partial charge in [-0.15, -0.1) is 0 Å². The van der Waals surface area contributed by atoms with Gasteiger partial charge >= 0.3 is 0 Å². The molecule has 1 unspecified atom stereocenters. The second-order valence-electron chi connectivity index (χ2n) is 9.01. The quantitative estimate of drug-likeness (QED) is 0.768. The Kier molecular flexibility index (Phi) is 5.53. The first-order chi connectivity index (χ1) is 14.3. The van der Waals surface area contributed by atoms with Crippen molar-refractivity contribution in [1.29, 1.82) is 0 Å². The average Bonchev–Trinajstić information content (AvgIpc) is 3.42. The van der Waals surface area contributed by atoms with Crippen LogP contribution in [-0.2, 0) is 9.53 Å². The number of aromatic nitrogens is 3. The molecule has 156 valence electrons. The van der Waals surface area contributed by atoms with Crippen LogP contribution in [0.2, 0.25) is 0 Å². The van der Waals surface area contributed by atoms with E-state index in [-0.39, 0.29) is 6.10 Å². The summed E-state index contributed by atoms with van der Waals surface area (Å²) in [6.07, 6.45) is 13.2. The van der Waals surface area contributed by atoms with Crippen LogP contribution in [0.1, 0.15) is 82.2 Å². The van der Waals surface area contributed by atoms with Gasteiger partial charge in [-0.1, -0.05) is 19.3 Å². The van der Waals surface area contributed by atoms with E-state index >= 15 is 0 Å². The molecule has 2 aliphatic heterocycles. The third-order valence-corrected chi connectivity index (χ3v) is 7.06. The fraction of sp³-hybridized carbons (Fsp3) is 0.696. The van der Waals surface area contributed by atoms with Crippen LogP contribution in [-0.4, -0.2) is 45.0 Å². The average molecular weight is 397 g/mol. The summed E-state index contributed by atoms with van der Waals surface area (Å²) in [5.41, 5.74) is 1.92. The van der Waals surface area contributed by atoms with Crippen LogP contribution in [0.5, 0.6) is 0 Å². The number of piperidine rings is 1. The lowest BCUT2D eigenvalue weighted by molar-refractivity contribution is -0.133. The lowest BCUT2D eigenvalue weighted by Crippen LogP contribution is -2.40. The predicted octanol–water partition coefficient (Wildman–Crippen LogP) is 4.42. The molecule has 0 radical (unpaired) electrons. The molecule has 6 nitrogen and oxygen atoms in total. The van der Waals surface area contributed by atoms with Crippen LogP contribution in [0.25, 0.3) is 11.2 Å². The van der Waals surface area contributed by atoms with Gasteiger partial charge in [0.05, 0.1) is 0 Å². The van der Waals surface area contributed by atoms with E-state index in [4.69, 9.17) is 9.72 Å². The van der Waals surface area contributed by atoms with Crippen molar-refractivity contribution in [3.05, 3.63) is 24.2 Å². The summed E-state index contributed by atoms with van der Waals surface area (Å²) in [5, 5.41) is 0. The van der Waals surface area contributed by atoms with E-state index in [1.165, 1.54) is 32.1 Å². The number of amides is 1. The molecule has 1 amide bonds. The third kappa shape index (κ3) is 3.91. The molecule has 6 heteroatoms. The highest BCUT2D eigenvalue weighted by molar-refractivity contribution is 5.76. The summed E-state index contributed by atoms with van der Waals surface area (Å²) >= 11 is 0. The molecule has 3 aliphatic rings. The van der Waals surface area contributed by atoms with E-state index in [1.54, 1.807) is 0 Å². The molecule has 29 heavy (non-hydrogen) atoms. The zero-order chi connectivity index (χ0) is 19.6. The summed E-state index contributed by atoms with van der Waals surface area (Å²) in [6, 6.07) is 4.33. The second-order valence-corrected chi connectivity index (χ2v) is 9.01. The van der Waals surface area contributed by atoms with Crippen molar-refractivity contribution in [2.75, 3.05) is 19.7 Å². The zero-order valence-corrected chi connectivity index (χ0v) is 17.3. The minimum absolute atomic E-state index is 0.0789. The molecular formula is C23H32N4O2. The van der Waals surface area contributed by atoms with Gasteiger partial charge in [-0.05, 0) is 56.6 Å². The Hall–Kier alpha value is -1.95. The van der Waals surface area contributed by atoms with Gasteiger partial charge in [-0.25, -0.2) is 9.97 Å². The standard InChI is InChI=1S/C23H32N4O2/c28-21(16-17-6-2-1-3-7-17)26-13-10-18(11-14-26)27-22-19(8-4-12-24-22)25-23(27)20-9-5-15-29-20/h4,8,12,17-18,20H,1-3,5-7,9-11,13-16H2. The number of imidazole rings is 1. The van der Waals surface area contributed by atoms with E-state index in [9.17, 15) is 4.79 Å². The highest BCUT2D eigenvalue weighted by Crippen LogP contribution is 2.35. The Labute approximate surface area is 172 Å². The molecule has 3 fully saturated rings. The smallest absolute Gasteiger partial charge is 0.222 e. The highest BCUT2D eigenvalue weighted by Gasteiger charge is 2.31. The van der Waals surface area contributed by atoms with Crippen molar-refractivity contribution in [3.8, 4) is 0 Å². The number of carbonyl (C=O) groups is 1. The number of ether oxygens (including phenoxy) is 1. The molecule has 4 heterocycles. The number of pyridine rings is 1. The Morgan fingerprint density at radius 2 is 1.90 bits per heavy atom. The lowest BCUT2D eigenvalue weighted by Gasteiger charge is -2.35. The molecule has 5 rings (SSSR count). The van der Waals surface area contributed by atoms with Gasteiger partial charge in [0.15, 0.2) is 5.65 Å². The number of rotatable bonds is 4. The van der Waals surface area contributed by atoms with Crippen LogP contribution in [0.3, 0.4) is 0 Å². The first kappa shape index (κ1) is 19.0. The summed E-state index contributed by atoms with van der Waals surface area (Å²) < 4.78 is 8.30. The largest absolute Gasteiger partial charge is 0.370 e. The molecule has 0 N–H and O–H groups in total. The second kappa shape index (κ2) is 8.42. The van der Waals surface area contributed by atoms with Crippen LogP contribution in [0.4, 0.5) is 0 Å². The highest BCUT2D eigenvalue weighted by atomic mass is 16.5. The molecule has 2 aromatic heterocycles. The molecule has 0 bridgehead atoms. The van der Waals surface area contributed by atoms with E-state index in [1.807, 2.05) is 18.3 Å². The van der Waals surface area contributed by atoms with Gasteiger partial charge in [0.2, 0.25) is 5.91 Å². The van der Waals surface area contributed by atoms with Crippen molar-refractivity contribution in [3.63, 3.8) is 0 Å². The van der Waals surface area contributed by atoms with Crippen LogP contribution in [0, 0.1) is 5.92 Å². The Morgan fingerprint density at radius 1 is 1.07 bits per heavy atom. The van der Waals surface area contributed by atoms with Crippen LogP contribution in [0.15, 0.2) is 18.3 Å². The maximum Gasteiger partial charge on any atom is 0.222 e. The first-order valence-electron chi connectivity index (χ1n) is 11.5. The molecule has 1 aliphatic carbocycles. The molecule has 2 aromatic rings. The van der Waals surface area contributed by atoms with Crippen LogP contribution >= 0.6 is 0 Å². The minimum atomic E-state index is 0.0789. The van der Waals surface area contributed by atoms with E-state index in [0.717, 1.165) is 68.8 Å². The van der Waals surface area contributed by atoms with E-state index < -0.39 is 0 Å². The fourth-order valence-corrected chi connectivity index (χ4v) is 5.46. The molecule has 2 saturated heterocycles. The molecule has 0 spiro atoms. The number of hydrogen-bond donors (Lipinski definition) is 0. The number of likely N-dealkylation sites (tertiary alicyclic amines) is 1. The maximum atomic E-state index is 12.8. The van der Waals surface area contributed by atoms with Crippen molar-refractivity contribution in [2.45, 2.75) is 76.4 Å². The summed E-state index contributed by atoms with van der Waals surface area (Å²) in [4.78, 5) is 24.5. The van der Waals surface area contributed by atoms with Crippen molar-refractivity contribution < 1.29 is 9.53 Å².